The first kappa shape index (κ1) is 15.3. The fraction of sp³-hybridized carbons (Fsp3) is 0. The lowest BCUT2D eigenvalue weighted by Gasteiger charge is -2.06. The molecule has 0 saturated carbocycles. The molecule has 0 fully saturated rings. The number of benzene rings is 1. The quantitative estimate of drug-likeness (QED) is 0.557. The number of aromatic amines is 1. The van der Waals surface area contributed by atoms with Gasteiger partial charge in [0.15, 0.2) is 0 Å². The Hall–Kier alpha value is -3.23. The van der Waals surface area contributed by atoms with Gasteiger partial charge in [-0.2, -0.15) is 5.26 Å². The van der Waals surface area contributed by atoms with Crippen molar-refractivity contribution in [2.75, 3.05) is 0 Å². The minimum atomic E-state index is -0.436. The maximum atomic E-state index is 13.9. The minimum absolute atomic E-state index is 0.288. The van der Waals surface area contributed by atoms with Gasteiger partial charge in [-0.1, -0.05) is 11.6 Å². The van der Waals surface area contributed by atoms with Crippen LogP contribution in [0.15, 0.2) is 54.9 Å². The normalized spacial score (nSPS) is 10.8. The van der Waals surface area contributed by atoms with Gasteiger partial charge in [0.1, 0.15) is 17.6 Å². The third-order valence-electron chi connectivity index (χ3n) is 3.88. The van der Waals surface area contributed by atoms with Crippen molar-refractivity contribution in [1.82, 2.24) is 15.0 Å². The van der Waals surface area contributed by atoms with Gasteiger partial charge in [-0.05, 0) is 48.0 Å². The summed E-state index contributed by atoms with van der Waals surface area (Å²) >= 11 is 6.04. The van der Waals surface area contributed by atoms with Gasteiger partial charge in [0.2, 0.25) is 0 Å². The fourth-order valence-corrected chi connectivity index (χ4v) is 3.06. The number of H-pyrrole nitrogens is 1. The summed E-state index contributed by atoms with van der Waals surface area (Å²) in [5.74, 6) is -0.436. The largest absolute Gasteiger partial charge is 0.353 e. The molecule has 0 amide bonds. The summed E-state index contributed by atoms with van der Waals surface area (Å²) in [5.41, 5.74) is 4.55. The van der Waals surface area contributed by atoms with Crippen LogP contribution in [0.5, 0.6) is 0 Å². The van der Waals surface area contributed by atoms with E-state index in [1.165, 1.54) is 12.1 Å². The van der Waals surface area contributed by atoms with Crippen molar-refractivity contribution >= 4 is 22.6 Å². The molecule has 0 aliphatic rings. The molecule has 0 atom stereocenters. The molecular formula is C19H10ClFN4. The van der Waals surface area contributed by atoms with Crippen LogP contribution in [0.1, 0.15) is 5.69 Å². The van der Waals surface area contributed by atoms with Crippen LogP contribution in [0.4, 0.5) is 4.39 Å². The molecule has 4 rings (SSSR count). The van der Waals surface area contributed by atoms with E-state index in [1.54, 1.807) is 30.6 Å². The van der Waals surface area contributed by atoms with Gasteiger partial charge >= 0.3 is 0 Å². The van der Waals surface area contributed by atoms with Gasteiger partial charge in [0.25, 0.3) is 0 Å². The van der Waals surface area contributed by atoms with Gasteiger partial charge in [-0.15, -0.1) is 0 Å². The molecule has 0 bridgehead atoms. The molecule has 4 aromatic rings. The van der Waals surface area contributed by atoms with Crippen LogP contribution in [0.25, 0.3) is 33.4 Å². The van der Waals surface area contributed by atoms with E-state index in [0.717, 1.165) is 16.8 Å². The molecule has 0 aliphatic heterocycles. The van der Waals surface area contributed by atoms with Crippen molar-refractivity contribution in [1.29, 1.82) is 5.26 Å². The fourth-order valence-electron chi connectivity index (χ4n) is 2.84. The molecule has 1 aromatic carbocycles. The van der Waals surface area contributed by atoms with Crippen molar-refractivity contribution in [2.24, 2.45) is 0 Å². The number of rotatable bonds is 2. The highest BCUT2D eigenvalue weighted by Crippen LogP contribution is 2.38. The number of hydrogen-bond donors (Lipinski definition) is 1. The van der Waals surface area contributed by atoms with Crippen LogP contribution >= 0.6 is 11.6 Å². The van der Waals surface area contributed by atoms with Gasteiger partial charge in [0, 0.05) is 28.5 Å². The Bertz CT molecular complexity index is 1110. The topological polar surface area (TPSA) is 65.4 Å². The Morgan fingerprint density at radius 2 is 1.84 bits per heavy atom. The molecule has 0 unspecified atom stereocenters. The number of nitrogens with one attached hydrogen (secondary N) is 1. The summed E-state index contributed by atoms with van der Waals surface area (Å²) in [6.45, 7) is 0. The number of nitrogens with zero attached hydrogens (tertiary/aromatic N) is 3. The average Bonchev–Trinajstić information content (AvgIpc) is 3.00. The number of fused-ring (bicyclic) bond motifs is 1. The average molecular weight is 349 g/mol. The van der Waals surface area contributed by atoms with Crippen molar-refractivity contribution in [3.63, 3.8) is 0 Å². The summed E-state index contributed by atoms with van der Waals surface area (Å²) in [6, 6.07) is 13.5. The molecule has 0 saturated heterocycles. The van der Waals surface area contributed by atoms with E-state index in [9.17, 15) is 4.39 Å². The van der Waals surface area contributed by atoms with E-state index in [1.807, 2.05) is 18.2 Å². The molecular weight excluding hydrogens is 339 g/mol. The summed E-state index contributed by atoms with van der Waals surface area (Å²) < 4.78 is 13.9. The SMILES string of the molecule is N#Cc1ccc2[nH]c(-c3ccncc3)c(-c3cc(F)cc(Cl)c3)c2n1. The highest BCUT2D eigenvalue weighted by molar-refractivity contribution is 6.31. The van der Waals surface area contributed by atoms with Crippen LogP contribution in [0.2, 0.25) is 5.02 Å². The van der Waals surface area contributed by atoms with Crippen LogP contribution in [0, 0.1) is 17.1 Å². The molecule has 25 heavy (non-hydrogen) atoms. The Morgan fingerprint density at radius 3 is 2.56 bits per heavy atom. The maximum absolute atomic E-state index is 13.9. The van der Waals surface area contributed by atoms with Crippen molar-refractivity contribution in [2.45, 2.75) is 0 Å². The molecule has 3 aromatic heterocycles. The van der Waals surface area contributed by atoms with Gasteiger partial charge in [-0.3, -0.25) is 4.98 Å². The highest BCUT2D eigenvalue weighted by atomic mass is 35.5. The van der Waals surface area contributed by atoms with E-state index in [-0.39, 0.29) is 5.69 Å². The second kappa shape index (κ2) is 6.00. The molecule has 3 heterocycles. The third kappa shape index (κ3) is 2.73. The Labute approximate surface area is 147 Å². The van der Waals surface area contributed by atoms with Crippen molar-refractivity contribution in [3.8, 4) is 28.5 Å². The first-order chi connectivity index (χ1) is 12.2. The molecule has 6 heteroatoms. The molecule has 0 spiro atoms. The van der Waals surface area contributed by atoms with E-state index in [2.05, 4.69) is 15.0 Å². The zero-order chi connectivity index (χ0) is 17.4. The molecule has 0 aliphatic carbocycles. The van der Waals surface area contributed by atoms with Crippen LogP contribution in [-0.4, -0.2) is 15.0 Å². The second-order valence-electron chi connectivity index (χ2n) is 5.47. The zero-order valence-corrected chi connectivity index (χ0v) is 13.5. The molecule has 0 radical (unpaired) electrons. The van der Waals surface area contributed by atoms with Crippen LogP contribution in [-0.2, 0) is 0 Å². The zero-order valence-electron chi connectivity index (χ0n) is 12.8. The summed E-state index contributed by atoms with van der Waals surface area (Å²) in [5, 5.41) is 9.45. The monoisotopic (exact) mass is 348 g/mol. The lowest BCUT2D eigenvalue weighted by atomic mass is 10.0. The highest BCUT2D eigenvalue weighted by Gasteiger charge is 2.18. The summed E-state index contributed by atoms with van der Waals surface area (Å²) in [6.07, 6.45) is 3.36. The second-order valence-corrected chi connectivity index (χ2v) is 5.91. The van der Waals surface area contributed by atoms with Gasteiger partial charge < -0.3 is 4.98 Å². The lowest BCUT2D eigenvalue weighted by Crippen LogP contribution is -1.87. The molecule has 1 N–H and O–H groups in total. The van der Waals surface area contributed by atoms with Gasteiger partial charge in [-0.25, -0.2) is 9.37 Å². The molecule has 4 nitrogen and oxygen atoms in total. The summed E-state index contributed by atoms with van der Waals surface area (Å²) in [4.78, 5) is 11.7. The van der Waals surface area contributed by atoms with E-state index in [4.69, 9.17) is 16.9 Å². The standard InChI is InChI=1S/C19H10ClFN4/c20-13-7-12(8-14(21)9-13)17-18(11-3-5-23-6-4-11)25-16-2-1-15(10-22)24-19(16)17/h1-9,25H. The predicted octanol–water partition coefficient (Wildman–Crippen LogP) is 4.96. The Balaban J connectivity index is 2.10. The maximum Gasteiger partial charge on any atom is 0.141 e. The predicted molar refractivity (Wildman–Crippen MR) is 94.4 cm³/mol. The van der Waals surface area contributed by atoms with Crippen LogP contribution < -0.4 is 0 Å². The summed E-state index contributed by atoms with van der Waals surface area (Å²) in [7, 11) is 0. The van der Waals surface area contributed by atoms with Crippen molar-refractivity contribution in [3.05, 3.63) is 71.4 Å². The number of aromatic nitrogens is 3. The van der Waals surface area contributed by atoms with Crippen molar-refractivity contribution < 1.29 is 4.39 Å². The third-order valence-corrected chi connectivity index (χ3v) is 4.09. The minimum Gasteiger partial charge on any atom is -0.353 e. The number of halogens is 2. The number of nitriles is 1. The lowest BCUT2D eigenvalue weighted by molar-refractivity contribution is 0.628. The number of pyridine rings is 2. The first-order valence-electron chi connectivity index (χ1n) is 7.45. The molecule has 120 valence electrons. The first-order valence-corrected chi connectivity index (χ1v) is 7.83. The number of hydrogen-bond acceptors (Lipinski definition) is 3. The van der Waals surface area contributed by atoms with E-state index < -0.39 is 5.82 Å². The van der Waals surface area contributed by atoms with Gasteiger partial charge in [0.05, 0.1) is 16.7 Å². The van der Waals surface area contributed by atoms with Crippen LogP contribution in [0.3, 0.4) is 0 Å². The Kier molecular flexibility index (Phi) is 3.68. The van der Waals surface area contributed by atoms with E-state index >= 15 is 0 Å². The smallest absolute Gasteiger partial charge is 0.141 e. The van der Waals surface area contributed by atoms with E-state index in [0.29, 0.717) is 21.7 Å². The Morgan fingerprint density at radius 1 is 1.04 bits per heavy atom.